The van der Waals surface area contributed by atoms with Gasteiger partial charge in [0.05, 0.1) is 89.8 Å². The van der Waals surface area contributed by atoms with Crippen LogP contribution in [-0.4, -0.2) is 47.1 Å². The molecule has 0 aliphatic rings. The highest BCUT2D eigenvalue weighted by molar-refractivity contribution is 6.16. The van der Waals surface area contributed by atoms with Crippen molar-refractivity contribution in [3.8, 4) is 0 Å². The molecule has 688 valence electrons. The molecule has 0 saturated carbocycles. The molecule has 0 aliphatic carbocycles. The summed E-state index contributed by atoms with van der Waals surface area (Å²) in [6.45, 7) is 40.7. The van der Waals surface area contributed by atoms with Crippen molar-refractivity contribution >= 4 is 192 Å². The second kappa shape index (κ2) is 34.2. The zero-order valence-electron chi connectivity index (χ0n) is 84.4. The Morgan fingerprint density at radius 1 is 0.254 bits per heavy atom. The van der Waals surface area contributed by atoms with Gasteiger partial charge in [-0.05, 0) is 302 Å². The first-order valence-corrected chi connectivity index (χ1v) is 49.1. The maximum Gasteiger partial charge on any atom is 0.297 e. The van der Waals surface area contributed by atoms with Crippen molar-refractivity contribution in [1.82, 2.24) is 47.1 Å². The fraction of sp³-hybridized carbons (Fsp3) is 0.268. The molecule has 25 aromatic rings. The second-order valence-corrected chi connectivity index (χ2v) is 43.5. The van der Waals surface area contributed by atoms with Crippen molar-refractivity contribution in [3.63, 3.8) is 0 Å². The predicted molar refractivity (Wildman–Crippen MR) is 575 cm³/mol. The largest absolute Gasteiger partial charge is 0.297 e. The summed E-state index contributed by atoms with van der Waals surface area (Å²) >= 11 is 0. The lowest BCUT2D eigenvalue weighted by atomic mass is 9.87. The van der Waals surface area contributed by atoms with E-state index in [1.54, 1.807) is 0 Å². The van der Waals surface area contributed by atoms with Gasteiger partial charge in [-0.1, -0.05) is 181 Å². The Morgan fingerprint density at radius 3 is 0.957 bits per heavy atom. The minimum atomic E-state index is 0.252. The summed E-state index contributed by atoms with van der Waals surface area (Å²) in [5.74, 6) is 1.30. The number of para-hydroxylation sites is 7. The Morgan fingerprint density at radius 2 is 0.536 bits per heavy atom. The summed E-state index contributed by atoms with van der Waals surface area (Å²) in [6.07, 6.45) is 15.0. The van der Waals surface area contributed by atoms with E-state index in [4.69, 9.17) is 24.9 Å². The van der Waals surface area contributed by atoms with Crippen LogP contribution in [0.2, 0.25) is 0 Å². The van der Waals surface area contributed by atoms with Crippen molar-refractivity contribution in [2.24, 2.45) is 63.3 Å². The summed E-state index contributed by atoms with van der Waals surface area (Å²) in [4.78, 5) is 23.9. The molecule has 0 atom stereocenters. The van der Waals surface area contributed by atoms with E-state index in [0.29, 0.717) is 11.8 Å². The van der Waals surface area contributed by atoms with Crippen LogP contribution < -0.4 is 22.7 Å². The first kappa shape index (κ1) is 89.8. The van der Waals surface area contributed by atoms with Crippen LogP contribution in [0.5, 0.6) is 0 Å². The molecular weight excluding hydrogens is 1690 g/mol. The van der Waals surface area contributed by atoms with E-state index in [-0.39, 0.29) is 16.2 Å². The van der Waals surface area contributed by atoms with Crippen LogP contribution >= 0.6 is 0 Å². The third-order valence-electron chi connectivity index (χ3n) is 28.3. The van der Waals surface area contributed by atoms with Crippen molar-refractivity contribution in [2.75, 3.05) is 0 Å². The van der Waals surface area contributed by atoms with E-state index in [1.165, 1.54) is 220 Å². The fourth-order valence-electron chi connectivity index (χ4n) is 22.6. The van der Waals surface area contributed by atoms with Crippen LogP contribution in [0.3, 0.4) is 0 Å². The van der Waals surface area contributed by atoms with E-state index < -0.39 is 0 Å². The number of aryl methyl sites for hydroxylation is 10. The quantitative estimate of drug-likeness (QED) is 0.117. The highest BCUT2D eigenvalue weighted by Gasteiger charge is 2.33. The number of rotatable bonds is 7. The van der Waals surface area contributed by atoms with Crippen LogP contribution in [0.15, 0.2) is 274 Å². The van der Waals surface area contributed by atoms with E-state index >= 15 is 0 Å². The third kappa shape index (κ3) is 15.3. The van der Waals surface area contributed by atoms with E-state index in [1.807, 2.05) is 31.0 Å². The highest BCUT2D eigenvalue weighted by Crippen LogP contribution is 2.41. The molecule has 0 unspecified atom stereocenters. The molecule has 0 bridgehead atoms. The third-order valence-corrected chi connectivity index (χ3v) is 28.3. The van der Waals surface area contributed by atoms with Crippen LogP contribution in [0.4, 0.5) is 0 Å². The van der Waals surface area contributed by atoms with Crippen LogP contribution in [0.25, 0.3) is 192 Å². The lowest BCUT2D eigenvalue weighted by Crippen LogP contribution is -2.27. The fourth-order valence-corrected chi connectivity index (χ4v) is 22.6. The van der Waals surface area contributed by atoms with Crippen LogP contribution in [-0.2, 0) is 67.3 Å². The topological polar surface area (TPSA) is 107 Å². The summed E-state index contributed by atoms with van der Waals surface area (Å²) < 4.78 is 23.7. The zero-order valence-corrected chi connectivity index (χ0v) is 84.4. The molecule has 0 amide bonds. The van der Waals surface area contributed by atoms with Gasteiger partial charge in [-0.2, -0.15) is 22.0 Å². The van der Waals surface area contributed by atoms with E-state index in [0.717, 1.165) is 59.7 Å². The Bertz CT molecular complexity index is 9260. The van der Waals surface area contributed by atoms with E-state index in [9.17, 15) is 0 Å². The van der Waals surface area contributed by atoms with Gasteiger partial charge in [0, 0.05) is 57.9 Å². The Balaban J connectivity index is 0.000000103. The molecule has 0 radical (unpaired) electrons. The van der Waals surface area contributed by atoms with Gasteiger partial charge in [0.25, 0.3) is 28.2 Å². The molecule has 138 heavy (non-hydrogen) atoms. The van der Waals surface area contributed by atoms with Crippen LogP contribution in [0.1, 0.15) is 146 Å². The first-order valence-electron chi connectivity index (χ1n) is 49.1. The van der Waals surface area contributed by atoms with Crippen LogP contribution in [0, 0.1) is 62.7 Å². The Kier molecular flexibility index (Phi) is 22.3. The number of nitrogens with zero attached hydrogens (tertiary/aromatic N) is 15. The predicted octanol–water partition coefficient (Wildman–Crippen LogP) is 26.8. The number of imidazole rings is 5. The highest BCUT2D eigenvalue weighted by atomic mass is 15.2. The lowest BCUT2D eigenvalue weighted by molar-refractivity contribution is -0.617. The Labute approximate surface area is 806 Å². The van der Waals surface area contributed by atoms with Crippen molar-refractivity contribution in [3.05, 3.63) is 329 Å². The smallest absolute Gasteiger partial charge is 0.255 e. The Hall–Kier alpha value is -14.7. The average Bonchev–Trinajstić information content (AvgIpc) is 1.49. The zero-order chi connectivity index (χ0) is 96.3. The monoisotopic (exact) mass is 1810 g/mol. The summed E-state index contributed by atoms with van der Waals surface area (Å²) in [7, 11) is 10.8. The van der Waals surface area contributed by atoms with Crippen molar-refractivity contribution in [2.45, 2.75) is 157 Å². The molecule has 15 heterocycles. The number of pyridine rings is 10. The molecule has 0 spiro atoms. The molecule has 15 aromatic heterocycles. The van der Waals surface area contributed by atoms with Gasteiger partial charge in [-0.25, -0.2) is 22.8 Å². The average molecular weight is 1810 g/mol. The minimum absolute atomic E-state index is 0.252. The SMILES string of the molecule is Cc1ccnc2c3cc(CC(C)(C)C)ccc3n3c4ccccc4[n+](C)c3c12.Cc1ccnc2c3ccc(CC(C)(C)C)cc3n3c4ccccc4[n+](C)c3c12.Cc1ccnc2c3ccccc3[n+]3c4ccc(CC(C)C)cc4n(C)c3c12.Cc1ccnc2c3ccccc3n3c4cc(CC(C)(C)C)ccc4[n+](C)c3c12.Cc1ccnc2c3ccccc3n3c4cc(CC(C)C)ccc4[n+](C)c3c12. The molecule has 0 fully saturated rings. The molecule has 15 heteroatoms. The summed E-state index contributed by atoms with van der Waals surface area (Å²) in [5.41, 5.74) is 44.0. The molecular formula is C123H126N15+5. The summed E-state index contributed by atoms with van der Waals surface area (Å²) in [6, 6.07) is 88.3. The number of hydrogen-bond acceptors (Lipinski definition) is 5. The van der Waals surface area contributed by atoms with Gasteiger partial charge < -0.3 is 0 Å². The van der Waals surface area contributed by atoms with Gasteiger partial charge >= 0.3 is 0 Å². The number of aromatic nitrogens is 15. The van der Waals surface area contributed by atoms with Crippen molar-refractivity contribution < 1.29 is 22.7 Å². The number of hydrogen-bond donors (Lipinski definition) is 0. The molecule has 0 aliphatic heterocycles. The van der Waals surface area contributed by atoms with Gasteiger partial charge in [-0.15, -0.1) is 0 Å². The molecule has 0 saturated heterocycles. The summed E-state index contributed by atoms with van der Waals surface area (Å²) in [5, 5.41) is 12.2. The number of fused-ring (bicyclic) bond motifs is 40. The molecule has 10 aromatic carbocycles. The normalized spacial score (nSPS) is 12.4. The van der Waals surface area contributed by atoms with Gasteiger partial charge in [0.2, 0.25) is 0 Å². The standard InChI is InChI=1S/3C25H26N3.2C24H24N3/c1-16-12-13-26-23-18-14-17(15-25(2,3)4)10-11-19(18)28-21-9-7-6-8-20(21)27(5)24(28)22(16)23;1-16-12-13-26-23-18-11-10-17(15-25(2,3)4)14-21(18)28-20-9-7-6-8-19(20)27(5)24(28)22(16)23;1-16-12-13-26-23-18-8-6-7-9-19(18)28-21-14-17(15-25(2,3)4)10-11-20(21)27(5)24(28)22(16)23;1-15(2)13-17-9-10-20-21(14-17)26(4)24-22-16(3)11-12-25-23(22)18-7-5-6-8-19(18)27(20)24;1-15(2)13-17-9-10-20-21(14-17)27-19-8-6-5-7-18(19)23-22(24(27)26(20)4)16(3)11-12-25-23/h3*6-14H,15H2,1-5H3;2*5-12,14-15H,13H2,1-4H3/q5*+1. The molecule has 0 N–H and O–H groups in total. The van der Waals surface area contributed by atoms with Gasteiger partial charge in [0.15, 0.2) is 55.2 Å². The minimum Gasteiger partial charge on any atom is -0.255 e. The lowest BCUT2D eigenvalue weighted by Gasteiger charge is -2.18. The number of benzene rings is 10. The maximum atomic E-state index is 4.84. The second-order valence-electron chi connectivity index (χ2n) is 43.5. The van der Waals surface area contributed by atoms with Crippen molar-refractivity contribution in [1.29, 1.82) is 0 Å². The van der Waals surface area contributed by atoms with Gasteiger partial charge in [0.1, 0.15) is 27.6 Å². The maximum absolute atomic E-state index is 4.84. The molecule has 15 nitrogen and oxygen atoms in total. The van der Waals surface area contributed by atoms with Gasteiger partial charge in [-0.3, -0.25) is 24.9 Å². The molecule has 25 rings (SSSR count). The van der Waals surface area contributed by atoms with E-state index in [2.05, 4.69) is 447 Å². The first-order chi connectivity index (χ1) is 66.2.